The van der Waals surface area contributed by atoms with Crippen LogP contribution in [0, 0.1) is 0 Å². The molecule has 1 atom stereocenters. The number of carboxylic acids is 1. The number of carboxylic acid groups (broad SMARTS) is 1. The number of aromatic carboxylic acids is 1. The molecule has 22 heavy (non-hydrogen) atoms. The monoisotopic (exact) mass is 300 g/mol. The van der Waals surface area contributed by atoms with Gasteiger partial charge in [-0.05, 0) is 18.6 Å². The molecule has 0 unspecified atom stereocenters. The van der Waals surface area contributed by atoms with Crippen molar-refractivity contribution in [1.29, 1.82) is 0 Å². The van der Waals surface area contributed by atoms with E-state index in [1.165, 1.54) is 11.0 Å². The van der Waals surface area contributed by atoms with Crippen LogP contribution in [0.1, 0.15) is 39.4 Å². The molecule has 2 N–H and O–H groups in total. The number of H-pyrrole nitrogens is 1. The Morgan fingerprint density at radius 3 is 2.41 bits per heavy atom. The molecule has 6 nitrogen and oxygen atoms in total. The highest BCUT2D eigenvalue weighted by Gasteiger charge is 2.20. The molecule has 1 aromatic carbocycles. The largest absolute Gasteiger partial charge is 0.477 e. The molecule has 0 radical (unpaired) electrons. The standard InChI is InChI=1S/C16H16N2O4/c1-10(11-6-4-3-5-7-11)18(2)15(20)12-8-13(16(21)22)17-14(19)9-12/h3-10H,1-2H3,(H,17,19)(H,21,22)/t10-/m1/s1. The first kappa shape index (κ1) is 15.5. The SMILES string of the molecule is C[C@H](c1ccccc1)N(C)C(=O)c1cc(C(=O)O)[nH]c(=O)c1. The van der Waals surface area contributed by atoms with Gasteiger partial charge in [-0.3, -0.25) is 9.59 Å². The Kier molecular flexibility index (Phi) is 4.41. The number of amides is 1. The number of pyridine rings is 1. The summed E-state index contributed by atoms with van der Waals surface area (Å²) >= 11 is 0. The molecule has 1 aromatic heterocycles. The Balaban J connectivity index is 2.31. The van der Waals surface area contributed by atoms with Crippen LogP contribution in [0.3, 0.4) is 0 Å². The van der Waals surface area contributed by atoms with Crippen molar-refractivity contribution in [3.05, 3.63) is 69.6 Å². The molecular weight excluding hydrogens is 284 g/mol. The van der Waals surface area contributed by atoms with Gasteiger partial charge in [0.15, 0.2) is 0 Å². The number of benzene rings is 1. The number of hydrogen-bond acceptors (Lipinski definition) is 3. The van der Waals surface area contributed by atoms with E-state index in [9.17, 15) is 14.4 Å². The Morgan fingerprint density at radius 2 is 1.82 bits per heavy atom. The number of nitrogens with zero attached hydrogens (tertiary/aromatic N) is 1. The average Bonchev–Trinajstić information content (AvgIpc) is 2.53. The minimum absolute atomic E-state index is 0.0476. The maximum absolute atomic E-state index is 12.5. The summed E-state index contributed by atoms with van der Waals surface area (Å²) in [6.45, 7) is 1.86. The van der Waals surface area contributed by atoms with Crippen LogP contribution in [-0.4, -0.2) is 33.9 Å². The Hall–Kier alpha value is -2.89. The van der Waals surface area contributed by atoms with Crippen molar-refractivity contribution >= 4 is 11.9 Å². The third-order valence-electron chi connectivity index (χ3n) is 3.50. The first-order chi connectivity index (χ1) is 10.4. The van der Waals surface area contributed by atoms with E-state index in [2.05, 4.69) is 4.98 Å². The molecule has 0 fully saturated rings. The second kappa shape index (κ2) is 6.26. The maximum atomic E-state index is 12.5. The van der Waals surface area contributed by atoms with E-state index in [1.807, 2.05) is 37.3 Å². The van der Waals surface area contributed by atoms with E-state index in [1.54, 1.807) is 7.05 Å². The minimum atomic E-state index is -1.29. The lowest BCUT2D eigenvalue weighted by Crippen LogP contribution is -2.31. The highest BCUT2D eigenvalue weighted by molar-refractivity contribution is 5.96. The second-order valence-electron chi connectivity index (χ2n) is 4.95. The van der Waals surface area contributed by atoms with Crippen molar-refractivity contribution in [2.24, 2.45) is 0 Å². The molecule has 0 saturated heterocycles. The van der Waals surface area contributed by atoms with Crippen molar-refractivity contribution in [3.63, 3.8) is 0 Å². The van der Waals surface area contributed by atoms with Crippen molar-refractivity contribution < 1.29 is 14.7 Å². The van der Waals surface area contributed by atoms with E-state index >= 15 is 0 Å². The number of aromatic amines is 1. The van der Waals surface area contributed by atoms with Crippen LogP contribution in [-0.2, 0) is 0 Å². The lowest BCUT2D eigenvalue weighted by atomic mass is 10.1. The van der Waals surface area contributed by atoms with E-state index in [4.69, 9.17) is 5.11 Å². The molecule has 0 aliphatic rings. The topological polar surface area (TPSA) is 90.5 Å². The molecule has 114 valence electrons. The van der Waals surface area contributed by atoms with Crippen molar-refractivity contribution in [3.8, 4) is 0 Å². The second-order valence-corrected chi connectivity index (χ2v) is 4.95. The Morgan fingerprint density at radius 1 is 1.18 bits per heavy atom. The molecule has 0 saturated carbocycles. The zero-order valence-corrected chi connectivity index (χ0v) is 12.2. The molecule has 2 rings (SSSR count). The predicted molar refractivity (Wildman–Crippen MR) is 81.0 cm³/mol. The van der Waals surface area contributed by atoms with E-state index < -0.39 is 17.4 Å². The van der Waals surface area contributed by atoms with Gasteiger partial charge in [-0.2, -0.15) is 0 Å². The van der Waals surface area contributed by atoms with Gasteiger partial charge >= 0.3 is 5.97 Å². The van der Waals surface area contributed by atoms with Crippen LogP contribution in [0.2, 0.25) is 0 Å². The molecular formula is C16H16N2O4. The van der Waals surface area contributed by atoms with Gasteiger partial charge in [-0.1, -0.05) is 30.3 Å². The van der Waals surface area contributed by atoms with Gasteiger partial charge in [-0.15, -0.1) is 0 Å². The fraction of sp³-hybridized carbons (Fsp3) is 0.188. The van der Waals surface area contributed by atoms with E-state index in [0.717, 1.165) is 11.6 Å². The highest BCUT2D eigenvalue weighted by Crippen LogP contribution is 2.20. The normalized spacial score (nSPS) is 11.7. The van der Waals surface area contributed by atoms with Gasteiger partial charge < -0.3 is 15.0 Å². The Labute approximate surface area is 127 Å². The average molecular weight is 300 g/mol. The van der Waals surface area contributed by atoms with Crippen LogP contribution < -0.4 is 5.56 Å². The zero-order chi connectivity index (χ0) is 16.3. The van der Waals surface area contributed by atoms with E-state index in [0.29, 0.717) is 0 Å². The first-order valence-corrected chi connectivity index (χ1v) is 6.70. The Bertz CT molecular complexity index is 752. The van der Waals surface area contributed by atoms with Crippen LogP contribution in [0.25, 0.3) is 0 Å². The number of rotatable bonds is 4. The summed E-state index contributed by atoms with van der Waals surface area (Å²) in [5.74, 6) is -1.70. The summed E-state index contributed by atoms with van der Waals surface area (Å²) < 4.78 is 0. The summed E-state index contributed by atoms with van der Waals surface area (Å²) in [7, 11) is 1.61. The van der Waals surface area contributed by atoms with Crippen LogP contribution in [0.15, 0.2) is 47.3 Å². The smallest absolute Gasteiger partial charge is 0.352 e. The molecule has 0 bridgehead atoms. The molecule has 2 aromatic rings. The zero-order valence-electron chi connectivity index (χ0n) is 12.2. The van der Waals surface area contributed by atoms with Gasteiger partial charge in [0.05, 0.1) is 6.04 Å². The quantitative estimate of drug-likeness (QED) is 0.902. The number of nitrogens with one attached hydrogen (secondary N) is 1. The first-order valence-electron chi connectivity index (χ1n) is 6.70. The van der Waals surface area contributed by atoms with Gasteiger partial charge in [0.1, 0.15) is 5.69 Å². The minimum Gasteiger partial charge on any atom is -0.477 e. The summed E-state index contributed by atoms with van der Waals surface area (Å²) in [4.78, 5) is 38.6. The number of carbonyl (C=O) groups excluding carboxylic acids is 1. The molecule has 0 aliphatic heterocycles. The van der Waals surface area contributed by atoms with Gasteiger partial charge in [0, 0.05) is 18.7 Å². The maximum Gasteiger partial charge on any atom is 0.352 e. The lowest BCUT2D eigenvalue weighted by molar-refractivity contribution is 0.0690. The van der Waals surface area contributed by atoms with Gasteiger partial charge in [0.2, 0.25) is 5.56 Å². The molecule has 1 heterocycles. The van der Waals surface area contributed by atoms with Crippen molar-refractivity contribution in [2.45, 2.75) is 13.0 Å². The third-order valence-corrected chi connectivity index (χ3v) is 3.50. The summed E-state index contributed by atoms with van der Waals surface area (Å²) in [6, 6.07) is 11.5. The summed E-state index contributed by atoms with van der Waals surface area (Å²) in [5, 5.41) is 8.95. The summed E-state index contributed by atoms with van der Waals surface area (Å²) in [6.07, 6.45) is 0. The highest BCUT2D eigenvalue weighted by atomic mass is 16.4. The number of hydrogen-bond donors (Lipinski definition) is 2. The fourth-order valence-corrected chi connectivity index (χ4v) is 2.12. The molecule has 0 spiro atoms. The third kappa shape index (κ3) is 3.22. The van der Waals surface area contributed by atoms with Crippen molar-refractivity contribution in [1.82, 2.24) is 9.88 Å². The van der Waals surface area contributed by atoms with Crippen LogP contribution in [0.5, 0.6) is 0 Å². The fourth-order valence-electron chi connectivity index (χ4n) is 2.12. The molecule has 6 heteroatoms. The van der Waals surface area contributed by atoms with E-state index in [-0.39, 0.29) is 17.3 Å². The van der Waals surface area contributed by atoms with Crippen LogP contribution >= 0.6 is 0 Å². The number of carbonyl (C=O) groups is 2. The van der Waals surface area contributed by atoms with Gasteiger partial charge in [-0.25, -0.2) is 4.79 Å². The lowest BCUT2D eigenvalue weighted by Gasteiger charge is -2.25. The summed E-state index contributed by atoms with van der Waals surface area (Å²) in [5.41, 5.74) is 0.0636. The predicted octanol–water partition coefficient (Wildman–Crippen LogP) is 1.91. The molecule has 1 amide bonds. The number of aromatic nitrogens is 1. The van der Waals surface area contributed by atoms with Gasteiger partial charge in [0.25, 0.3) is 5.91 Å². The van der Waals surface area contributed by atoms with Crippen molar-refractivity contribution in [2.75, 3.05) is 7.05 Å². The molecule has 0 aliphatic carbocycles. The van der Waals surface area contributed by atoms with Crippen LogP contribution in [0.4, 0.5) is 0 Å².